The predicted molar refractivity (Wildman–Crippen MR) is 345 cm³/mol. The normalized spacial score (nSPS) is 12.1. The quantitative estimate of drug-likeness (QED) is 0.126. The average Bonchev–Trinajstić information content (AvgIpc) is 2.80. The summed E-state index contributed by atoms with van der Waals surface area (Å²) in [6.45, 7) is 9.37. The van der Waals surface area contributed by atoms with Gasteiger partial charge in [-0.2, -0.15) is 0 Å². The van der Waals surface area contributed by atoms with E-state index in [2.05, 4.69) is 302 Å². The number of fused-ring (bicyclic) bond motifs is 12. The molecule has 12 aromatic carbocycles. The first kappa shape index (κ1) is 47.0. The Kier molecular flexibility index (Phi) is 11.0. The van der Waals surface area contributed by atoms with Crippen LogP contribution in [0.3, 0.4) is 0 Å². The molecule has 3 heterocycles. The second kappa shape index (κ2) is 18.5. The number of hydrogen-bond acceptors (Lipinski definition) is 3. The van der Waals surface area contributed by atoms with Gasteiger partial charge in [0.15, 0.2) is 0 Å². The molecule has 3 nitrogen and oxygen atoms in total. The molecule has 3 aromatic heterocycles. The van der Waals surface area contributed by atoms with Gasteiger partial charge in [0.1, 0.15) is 0 Å². The molecule has 0 aliphatic rings. The van der Waals surface area contributed by atoms with Crippen LogP contribution in [0, 0.1) is 6.92 Å². The number of thiophene rings is 1. The molecular weight excluding hydrogens is 991 g/mol. The molecular formula is C74H55N3SSi. The zero-order chi connectivity index (χ0) is 52.9. The van der Waals surface area contributed by atoms with E-state index in [1.165, 1.54) is 113 Å². The zero-order valence-corrected chi connectivity index (χ0v) is 46.4. The van der Waals surface area contributed by atoms with E-state index in [0.717, 1.165) is 34.1 Å². The number of aryl methyl sites for hydroxylation is 1. The summed E-state index contributed by atoms with van der Waals surface area (Å²) in [5.74, 6) is 0. The van der Waals surface area contributed by atoms with Crippen LogP contribution < -0.4 is 15.0 Å². The van der Waals surface area contributed by atoms with Crippen LogP contribution in [0.4, 0.5) is 34.1 Å². The number of rotatable bonds is 10. The van der Waals surface area contributed by atoms with Gasteiger partial charge < -0.3 is 14.2 Å². The van der Waals surface area contributed by atoms with E-state index in [1.807, 2.05) is 11.3 Å². The van der Waals surface area contributed by atoms with Crippen LogP contribution in [0.15, 0.2) is 261 Å². The lowest BCUT2D eigenvalue weighted by molar-refractivity contribution is 1.29. The molecule has 0 N–H and O–H groups in total. The average molecular weight is 1050 g/mol. The summed E-state index contributed by atoms with van der Waals surface area (Å²) in [5, 5.41) is 11.6. The van der Waals surface area contributed by atoms with E-state index >= 15 is 0 Å². The molecule has 0 aliphatic heterocycles. The van der Waals surface area contributed by atoms with E-state index in [1.54, 1.807) is 0 Å². The van der Waals surface area contributed by atoms with Gasteiger partial charge in [0, 0.05) is 70.2 Å². The van der Waals surface area contributed by atoms with E-state index in [9.17, 15) is 0 Å². The van der Waals surface area contributed by atoms with E-state index in [-0.39, 0.29) is 0 Å². The fourth-order valence-corrected chi connectivity index (χ4v) is 14.7. The van der Waals surface area contributed by atoms with Gasteiger partial charge in [0.2, 0.25) is 0 Å². The minimum Gasteiger partial charge on any atom is -0.310 e. The molecule has 0 saturated carbocycles. The Labute approximate surface area is 465 Å². The molecule has 0 radical (unpaired) electrons. The van der Waals surface area contributed by atoms with Crippen molar-refractivity contribution in [2.24, 2.45) is 0 Å². The molecule has 15 aromatic rings. The maximum absolute atomic E-state index is 2.55. The molecule has 0 atom stereocenters. The summed E-state index contributed by atoms with van der Waals surface area (Å²) in [6.07, 6.45) is 0. The third-order valence-corrected chi connectivity index (χ3v) is 19.5. The Bertz CT molecular complexity index is 4770. The third kappa shape index (κ3) is 7.83. The highest BCUT2D eigenvalue weighted by Crippen LogP contribution is 2.51. The molecule has 79 heavy (non-hydrogen) atoms. The number of benzene rings is 12. The molecule has 0 bridgehead atoms. The van der Waals surface area contributed by atoms with Crippen molar-refractivity contribution in [1.82, 2.24) is 4.40 Å². The van der Waals surface area contributed by atoms with Gasteiger partial charge in [0.05, 0.1) is 30.3 Å². The van der Waals surface area contributed by atoms with Crippen molar-refractivity contribution in [3.05, 3.63) is 266 Å². The molecule has 0 aliphatic carbocycles. The van der Waals surface area contributed by atoms with Crippen molar-refractivity contribution < 1.29 is 0 Å². The topological polar surface area (TPSA) is 10.9 Å². The Morgan fingerprint density at radius 2 is 0.810 bits per heavy atom. The number of para-hydroxylation sites is 2. The van der Waals surface area contributed by atoms with Crippen LogP contribution in [0.5, 0.6) is 0 Å². The van der Waals surface area contributed by atoms with Gasteiger partial charge in [-0.25, -0.2) is 0 Å². The molecule has 0 spiro atoms. The van der Waals surface area contributed by atoms with Crippen molar-refractivity contribution in [3.8, 4) is 33.4 Å². The molecule has 0 amide bonds. The molecule has 0 fully saturated rings. The Balaban J connectivity index is 0.903. The highest BCUT2D eigenvalue weighted by Gasteiger charge is 2.26. The second-order valence-electron chi connectivity index (χ2n) is 22.2. The van der Waals surface area contributed by atoms with Gasteiger partial charge in [-0.15, -0.1) is 11.3 Å². The monoisotopic (exact) mass is 1050 g/mol. The Morgan fingerprint density at radius 3 is 1.46 bits per heavy atom. The van der Waals surface area contributed by atoms with Gasteiger partial charge in [-0.3, -0.25) is 0 Å². The van der Waals surface area contributed by atoms with Crippen molar-refractivity contribution in [1.29, 1.82) is 0 Å². The van der Waals surface area contributed by atoms with Crippen LogP contribution in [-0.2, 0) is 0 Å². The summed E-state index contributed by atoms with van der Waals surface area (Å²) in [6, 6.07) is 97.1. The van der Waals surface area contributed by atoms with Gasteiger partial charge in [0.25, 0.3) is 0 Å². The number of nitrogens with zero attached hydrogens (tertiary/aromatic N) is 3. The highest BCUT2D eigenvalue weighted by molar-refractivity contribution is 7.26. The molecule has 376 valence electrons. The summed E-state index contributed by atoms with van der Waals surface area (Å²) < 4.78 is 5.11. The van der Waals surface area contributed by atoms with E-state index < -0.39 is 8.07 Å². The van der Waals surface area contributed by atoms with Crippen LogP contribution in [0.25, 0.3) is 102 Å². The van der Waals surface area contributed by atoms with Crippen LogP contribution in [0.2, 0.25) is 19.6 Å². The lowest BCUT2D eigenvalue weighted by atomic mass is 9.97. The van der Waals surface area contributed by atoms with Gasteiger partial charge >= 0.3 is 0 Å². The Hall–Kier alpha value is -9.26. The molecule has 15 rings (SSSR count). The standard InChI is InChI=1S/C74H55N3SSi/c1-48-20-22-50(23-21-48)51-24-31-57(32-25-51)75(55-16-10-6-11-17-55)59-35-38-63-70(47-59)78-69-45-41-61-62(72(63)69)39-43-67-71(61)64-40-44-68(73-65-46-54(49-14-8-5-9-15-49)30-42-66(65)77(67)74(64)73)76(56-18-12-7-13-19-56)58-33-26-52(27-34-58)53-28-36-60(37-29-53)79(2,3)4/h5-47H,1-4H3. The fraction of sp³-hybridized carbons (Fsp3) is 0.0541. The summed E-state index contributed by atoms with van der Waals surface area (Å²) >= 11 is 1.88. The molecule has 0 unspecified atom stereocenters. The van der Waals surface area contributed by atoms with Gasteiger partial charge in [-0.05, 0) is 142 Å². The SMILES string of the molecule is Cc1ccc(-c2ccc(N(c3ccccc3)c3ccc4c(c3)sc3ccc5c(ccc6c5c5ccc(N(c7ccccc7)c7ccc(-c8ccc([Si](C)(C)C)cc8)cc7)c7c8cc(-c9ccccc9)ccc8n6c57)c34)cc2)cc1. The Morgan fingerprint density at radius 1 is 0.329 bits per heavy atom. The van der Waals surface area contributed by atoms with Crippen LogP contribution >= 0.6 is 11.3 Å². The first-order valence-corrected chi connectivity index (χ1v) is 31.7. The van der Waals surface area contributed by atoms with E-state index in [0.29, 0.717) is 0 Å². The second-order valence-corrected chi connectivity index (χ2v) is 28.4. The minimum absolute atomic E-state index is 1.11. The lowest BCUT2D eigenvalue weighted by Gasteiger charge is -2.27. The number of hydrogen-bond donors (Lipinski definition) is 0. The summed E-state index contributed by atoms with van der Waals surface area (Å²) in [5.41, 5.74) is 19.0. The van der Waals surface area contributed by atoms with E-state index in [4.69, 9.17) is 0 Å². The van der Waals surface area contributed by atoms with Crippen molar-refractivity contribution >= 4 is 128 Å². The minimum atomic E-state index is -1.41. The van der Waals surface area contributed by atoms with Gasteiger partial charge in [-0.1, -0.05) is 200 Å². The van der Waals surface area contributed by atoms with Crippen molar-refractivity contribution in [2.75, 3.05) is 9.80 Å². The first-order chi connectivity index (χ1) is 38.7. The smallest absolute Gasteiger partial charge is 0.0775 e. The molecule has 5 heteroatoms. The maximum atomic E-state index is 2.55. The van der Waals surface area contributed by atoms with Crippen molar-refractivity contribution in [3.63, 3.8) is 0 Å². The maximum Gasteiger partial charge on any atom is 0.0775 e. The third-order valence-electron chi connectivity index (χ3n) is 16.3. The number of anilines is 6. The largest absolute Gasteiger partial charge is 0.310 e. The summed E-state index contributed by atoms with van der Waals surface area (Å²) in [4.78, 5) is 4.85. The first-order valence-electron chi connectivity index (χ1n) is 27.4. The predicted octanol–water partition coefficient (Wildman–Crippen LogP) is 21.2. The lowest BCUT2D eigenvalue weighted by Crippen LogP contribution is -2.37. The fourth-order valence-electron chi connectivity index (χ4n) is 12.4. The summed E-state index contributed by atoms with van der Waals surface area (Å²) in [7, 11) is -1.41. The number of aromatic nitrogens is 1. The van der Waals surface area contributed by atoms with Crippen LogP contribution in [-0.4, -0.2) is 12.5 Å². The highest BCUT2D eigenvalue weighted by atomic mass is 32.1. The molecule has 0 saturated heterocycles. The van der Waals surface area contributed by atoms with Crippen LogP contribution in [0.1, 0.15) is 5.56 Å². The van der Waals surface area contributed by atoms with Crippen molar-refractivity contribution in [2.45, 2.75) is 26.6 Å². The zero-order valence-electron chi connectivity index (χ0n) is 44.6.